The largest absolute Gasteiger partial charge is 0.269 e. The van der Waals surface area contributed by atoms with Gasteiger partial charge in [-0.25, -0.2) is 4.39 Å². The molecule has 1 unspecified atom stereocenters. The highest BCUT2D eigenvalue weighted by molar-refractivity contribution is 9.09. The van der Waals surface area contributed by atoms with Crippen LogP contribution in [0.5, 0.6) is 0 Å². The predicted octanol–water partition coefficient (Wildman–Crippen LogP) is 2.96. The van der Waals surface area contributed by atoms with E-state index in [-0.39, 0.29) is 5.69 Å². The van der Waals surface area contributed by atoms with Gasteiger partial charge in [-0.15, -0.1) is 0 Å². The van der Waals surface area contributed by atoms with Crippen LogP contribution in [0.1, 0.15) is 10.6 Å². The van der Waals surface area contributed by atoms with Crippen LogP contribution in [0.3, 0.4) is 0 Å². The Morgan fingerprint density at radius 1 is 1.42 bits per heavy atom. The summed E-state index contributed by atoms with van der Waals surface area (Å²) in [6, 6.07) is 5.28. The average molecular weight is 234 g/mol. The monoisotopic (exact) mass is 233 g/mol. The maximum atomic E-state index is 12.5. The fourth-order valence-electron chi connectivity index (χ4n) is 0.742. The summed E-state index contributed by atoms with van der Waals surface area (Å²) in [4.78, 5) is 9.66. The van der Waals surface area contributed by atoms with Gasteiger partial charge in [0, 0.05) is 12.1 Å². The molecule has 0 aromatic heterocycles. The van der Waals surface area contributed by atoms with Crippen molar-refractivity contribution < 1.29 is 9.31 Å². The minimum absolute atomic E-state index is 0.0353. The molecule has 1 aromatic carbocycles. The van der Waals surface area contributed by atoms with Crippen molar-refractivity contribution in [3.05, 3.63) is 39.9 Å². The lowest BCUT2D eigenvalue weighted by molar-refractivity contribution is -0.384. The third-order valence-electron chi connectivity index (χ3n) is 1.36. The molecule has 0 amide bonds. The second-order valence-corrected chi connectivity index (χ2v) is 2.95. The van der Waals surface area contributed by atoms with Crippen LogP contribution in [-0.2, 0) is 0 Å². The first-order valence-electron chi connectivity index (χ1n) is 3.14. The van der Waals surface area contributed by atoms with Gasteiger partial charge in [-0.05, 0) is 33.6 Å². The SMILES string of the molecule is O=[N+]([O-])c1ccc(C(F)Br)cc1. The van der Waals surface area contributed by atoms with Crippen LogP contribution in [0.15, 0.2) is 24.3 Å². The van der Waals surface area contributed by atoms with Crippen molar-refractivity contribution in [1.29, 1.82) is 0 Å². The molecule has 0 bridgehead atoms. The Kier molecular flexibility index (Phi) is 2.75. The highest BCUT2D eigenvalue weighted by Gasteiger charge is 2.07. The molecular formula is C7H5BrFNO2. The van der Waals surface area contributed by atoms with E-state index in [0.29, 0.717) is 5.56 Å². The van der Waals surface area contributed by atoms with E-state index >= 15 is 0 Å². The fourth-order valence-corrected chi connectivity index (χ4v) is 1.05. The van der Waals surface area contributed by atoms with Gasteiger partial charge in [0.1, 0.15) is 0 Å². The van der Waals surface area contributed by atoms with Crippen LogP contribution >= 0.6 is 15.9 Å². The van der Waals surface area contributed by atoms with Crippen molar-refractivity contribution in [2.75, 3.05) is 0 Å². The van der Waals surface area contributed by atoms with Gasteiger partial charge in [0.05, 0.1) is 4.92 Å². The second-order valence-electron chi connectivity index (χ2n) is 2.15. The normalized spacial score (nSPS) is 12.5. The van der Waals surface area contributed by atoms with Gasteiger partial charge in [-0.3, -0.25) is 10.1 Å². The molecule has 0 aliphatic rings. The number of nitro groups is 1. The van der Waals surface area contributed by atoms with E-state index in [1.165, 1.54) is 24.3 Å². The van der Waals surface area contributed by atoms with E-state index in [0.717, 1.165) is 0 Å². The van der Waals surface area contributed by atoms with Crippen LogP contribution in [0, 0.1) is 10.1 Å². The second kappa shape index (κ2) is 3.62. The minimum Gasteiger partial charge on any atom is -0.258 e. The zero-order valence-corrected chi connectivity index (χ0v) is 7.49. The first kappa shape index (κ1) is 9.12. The summed E-state index contributed by atoms with van der Waals surface area (Å²) in [6.07, 6.45) is 0. The lowest BCUT2D eigenvalue weighted by atomic mass is 10.2. The molecule has 1 aromatic rings. The minimum atomic E-state index is -1.27. The zero-order valence-electron chi connectivity index (χ0n) is 5.91. The molecule has 0 spiro atoms. The van der Waals surface area contributed by atoms with E-state index in [9.17, 15) is 14.5 Å². The number of non-ortho nitro benzene ring substituents is 1. The van der Waals surface area contributed by atoms with E-state index in [1.807, 2.05) is 0 Å². The summed E-state index contributed by atoms with van der Waals surface area (Å²) in [6.45, 7) is 0. The van der Waals surface area contributed by atoms with Crippen molar-refractivity contribution in [3.63, 3.8) is 0 Å². The molecular weight excluding hydrogens is 229 g/mol. The first-order chi connectivity index (χ1) is 5.61. The summed E-state index contributed by atoms with van der Waals surface area (Å²) in [5, 5.41) is 8.92. The standard InChI is InChI=1S/C7H5BrFNO2/c8-7(9)5-1-3-6(4-2-5)10(11)12/h1-4,7H. The van der Waals surface area contributed by atoms with Crippen LogP contribution < -0.4 is 0 Å². The van der Waals surface area contributed by atoms with E-state index in [4.69, 9.17) is 0 Å². The van der Waals surface area contributed by atoms with Crippen molar-refractivity contribution in [3.8, 4) is 0 Å². The highest BCUT2D eigenvalue weighted by Crippen LogP contribution is 2.25. The number of nitro benzene ring substituents is 1. The molecule has 0 radical (unpaired) electrons. The third kappa shape index (κ3) is 2.01. The first-order valence-corrected chi connectivity index (χ1v) is 4.05. The van der Waals surface area contributed by atoms with Crippen molar-refractivity contribution >= 4 is 21.6 Å². The van der Waals surface area contributed by atoms with Crippen LogP contribution in [0.2, 0.25) is 0 Å². The Hall–Kier alpha value is -0.970. The Labute approximate surface area is 76.5 Å². The smallest absolute Gasteiger partial charge is 0.258 e. The summed E-state index contributed by atoms with van der Waals surface area (Å²) in [7, 11) is 0. The lowest BCUT2D eigenvalue weighted by Crippen LogP contribution is -1.88. The van der Waals surface area contributed by atoms with E-state index in [2.05, 4.69) is 15.9 Å². The summed E-state index contributed by atoms with van der Waals surface area (Å²) < 4.78 is 12.5. The van der Waals surface area contributed by atoms with Gasteiger partial charge < -0.3 is 0 Å². The number of nitrogens with zero attached hydrogens (tertiary/aromatic N) is 1. The number of alkyl halides is 2. The number of hydrogen-bond donors (Lipinski definition) is 0. The lowest BCUT2D eigenvalue weighted by Gasteiger charge is -1.98. The molecule has 5 heteroatoms. The van der Waals surface area contributed by atoms with Gasteiger partial charge in [0.15, 0.2) is 5.08 Å². The van der Waals surface area contributed by atoms with Crippen molar-refractivity contribution in [2.45, 2.75) is 5.08 Å². The number of benzene rings is 1. The van der Waals surface area contributed by atoms with Crippen molar-refractivity contribution in [2.24, 2.45) is 0 Å². The molecule has 12 heavy (non-hydrogen) atoms. The topological polar surface area (TPSA) is 43.1 Å². The van der Waals surface area contributed by atoms with Gasteiger partial charge in [-0.2, -0.15) is 0 Å². The van der Waals surface area contributed by atoms with Crippen LogP contribution in [0.4, 0.5) is 10.1 Å². The average Bonchev–Trinajstić information content (AvgIpc) is 2.04. The molecule has 64 valence electrons. The Bertz CT molecular complexity index is 286. The Morgan fingerprint density at radius 3 is 2.25 bits per heavy atom. The van der Waals surface area contributed by atoms with Crippen molar-refractivity contribution in [1.82, 2.24) is 0 Å². The number of hydrogen-bond acceptors (Lipinski definition) is 2. The Morgan fingerprint density at radius 2 is 1.92 bits per heavy atom. The molecule has 0 aliphatic carbocycles. The fraction of sp³-hybridized carbons (Fsp3) is 0.143. The summed E-state index contributed by atoms with van der Waals surface area (Å²) in [5.41, 5.74) is 0.340. The summed E-state index contributed by atoms with van der Waals surface area (Å²) >= 11 is 2.71. The molecule has 1 atom stereocenters. The van der Waals surface area contributed by atoms with E-state index in [1.54, 1.807) is 0 Å². The van der Waals surface area contributed by atoms with Crippen LogP contribution in [-0.4, -0.2) is 4.92 Å². The van der Waals surface area contributed by atoms with Gasteiger partial charge in [-0.1, -0.05) is 0 Å². The molecule has 1 rings (SSSR count). The molecule has 0 aliphatic heterocycles. The summed E-state index contributed by atoms with van der Waals surface area (Å²) in [5.74, 6) is 0. The molecule has 3 nitrogen and oxygen atoms in total. The third-order valence-corrected chi connectivity index (χ3v) is 1.88. The van der Waals surface area contributed by atoms with Gasteiger partial charge in [0.2, 0.25) is 0 Å². The van der Waals surface area contributed by atoms with Crippen LogP contribution in [0.25, 0.3) is 0 Å². The Balaban J connectivity index is 2.93. The molecule has 0 N–H and O–H groups in total. The zero-order chi connectivity index (χ0) is 9.14. The van der Waals surface area contributed by atoms with Gasteiger partial charge in [0.25, 0.3) is 5.69 Å². The molecule has 0 heterocycles. The number of rotatable bonds is 2. The number of halogens is 2. The van der Waals surface area contributed by atoms with E-state index < -0.39 is 10.0 Å². The maximum absolute atomic E-state index is 12.5. The highest BCUT2D eigenvalue weighted by atomic mass is 79.9. The van der Waals surface area contributed by atoms with Gasteiger partial charge >= 0.3 is 0 Å². The quantitative estimate of drug-likeness (QED) is 0.448. The maximum Gasteiger partial charge on any atom is 0.269 e. The predicted molar refractivity (Wildman–Crippen MR) is 45.9 cm³/mol. The molecule has 0 saturated heterocycles. The molecule has 0 saturated carbocycles. The molecule has 0 fully saturated rings.